The van der Waals surface area contributed by atoms with Gasteiger partial charge in [0.1, 0.15) is 23.9 Å². The normalized spacial score (nSPS) is 12.8. The van der Waals surface area contributed by atoms with Gasteiger partial charge in [0.15, 0.2) is 6.61 Å². The lowest BCUT2D eigenvalue weighted by Crippen LogP contribution is -2.30. The predicted octanol–water partition coefficient (Wildman–Crippen LogP) is 3.50. The fourth-order valence-electron chi connectivity index (χ4n) is 3.45. The average Bonchev–Trinajstić information content (AvgIpc) is 3.60. The van der Waals surface area contributed by atoms with Crippen LogP contribution in [0.25, 0.3) is 0 Å². The molecule has 1 aromatic heterocycles. The molecule has 4 rings (SSSR count). The number of nitrogens with zero attached hydrogens (tertiary/aromatic N) is 1. The van der Waals surface area contributed by atoms with E-state index in [9.17, 15) is 9.59 Å². The summed E-state index contributed by atoms with van der Waals surface area (Å²) in [7, 11) is 0. The molecule has 0 radical (unpaired) electrons. The van der Waals surface area contributed by atoms with Crippen molar-refractivity contribution in [2.24, 2.45) is 0 Å². The first-order chi connectivity index (χ1) is 16.5. The summed E-state index contributed by atoms with van der Waals surface area (Å²) in [6, 6.07) is 15.0. The van der Waals surface area contributed by atoms with Crippen LogP contribution in [0.4, 0.5) is 0 Å². The van der Waals surface area contributed by atoms with Crippen LogP contribution >= 0.6 is 0 Å². The number of carbonyl (C=O) groups excluding carboxylic acids is 2. The zero-order valence-corrected chi connectivity index (χ0v) is 19.4. The second-order valence-corrected chi connectivity index (χ2v) is 8.37. The minimum atomic E-state index is -0.198. The lowest BCUT2D eigenvalue weighted by atomic mass is 10.1. The van der Waals surface area contributed by atoms with Crippen molar-refractivity contribution in [3.05, 3.63) is 76.7 Å². The number of para-hydroxylation sites is 1. The molecule has 0 unspecified atom stereocenters. The number of hydrogen-bond acceptors (Lipinski definition) is 6. The molecule has 1 fully saturated rings. The number of carbonyl (C=O) groups is 2. The molecule has 0 saturated heterocycles. The van der Waals surface area contributed by atoms with Crippen LogP contribution in [0.5, 0.6) is 11.5 Å². The fourth-order valence-corrected chi connectivity index (χ4v) is 3.45. The van der Waals surface area contributed by atoms with Gasteiger partial charge in [0.25, 0.3) is 11.8 Å². The standard InChI is InChI=1S/C26H29N3O5/c1-17-23(18(2)34-29-17)15-33-24-6-4-3-5-22(24)26(31)27-14-13-19-7-11-21(12-8-19)32-16-25(30)28-20-9-10-20/h3-8,11-12,20H,9-10,13-16H2,1-2H3,(H,27,31)(H,28,30). The van der Waals surface area contributed by atoms with Crippen molar-refractivity contribution in [1.29, 1.82) is 0 Å². The predicted molar refractivity (Wildman–Crippen MR) is 126 cm³/mol. The maximum Gasteiger partial charge on any atom is 0.258 e. The van der Waals surface area contributed by atoms with Crippen LogP contribution in [0.3, 0.4) is 0 Å². The van der Waals surface area contributed by atoms with Crippen LogP contribution in [-0.4, -0.2) is 36.2 Å². The molecule has 178 valence electrons. The molecule has 8 heteroatoms. The number of ether oxygens (including phenoxy) is 2. The van der Waals surface area contributed by atoms with Crippen molar-refractivity contribution in [2.45, 2.75) is 45.8 Å². The van der Waals surface area contributed by atoms with Gasteiger partial charge < -0.3 is 24.6 Å². The van der Waals surface area contributed by atoms with Crippen LogP contribution in [0, 0.1) is 13.8 Å². The largest absolute Gasteiger partial charge is 0.488 e. The molecule has 0 aliphatic heterocycles. The molecule has 1 aliphatic rings. The van der Waals surface area contributed by atoms with Gasteiger partial charge >= 0.3 is 0 Å². The Bertz CT molecular complexity index is 1120. The Balaban J connectivity index is 1.24. The Hall–Kier alpha value is -3.81. The molecule has 1 saturated carbocycles. The maximum atomic E-state index is 12.8. The monoisotopic (exact) mass is 463 g/mol. The highest BCUT2D eigenvalue weighted by Crippen LogP contribution is 2.22. The van der Waals surface area contributed by atoms with Crippen molar-refractivity contribution in [1.82, 2.24) is 15.8 Å². The summed E-state index contributed by atoms with van der Waals surface area (Å²) in [6.45, 7) is 4.47. The quantitative estimate of drug-likeness (QED) is 0.451. The third-order valence-corrected chi connectivity index (χ3v) is 5.62. The Morgan fingerprint density at radius 2 is 1.82 bits per heavy atom. The number of benzene rings is 2. The first-order valence-electron chi connectivity index (χ1n) is 11.4. The van der Waals surface area contributed by atoms with Gasteiger partial charge in [0, 0.05) is 12.6 Å². The molecule has 1 heterocycles. The summed E-state index contributed by atoms with van der Waals surface area (Å²) in [6.07, 6.45) is 2.77. The Labute approximate surface area is 198 Å². The van der Waals surface area contributed by atoms with E-state index in [1.54, 1.807) is 18.2 Å². The van der Waals surface area contributed by atoms with Gasteiger partial charge in [-0.3, -0.25) is 9.59 Å². The summed E-state index contributed by atoms with van der Waals surface area (Å²) < 4.78 is 16.6. The van der Waals surface area contributed by atoms with Crippen molar-refractivity contribution in [3.8, 4) is 11.5 Å². The summed E-state index contributed by atoms with van der Waals surface area (Å²) >= 11 is 0. The van der Waals surface area contributed by atoms with Gasteiger partial charge in [-0.1, -0.05) is 29.4 Å². The van der Waals surface area contributed by atoms with E-state index in [0.29, 0.717) is 41.8 Å². The van der Waals surface area contributed by atoms with Crippen molar-refractivity contribution in [2.75, 3.05) is 13.2 Å². The molecule has 1 aliphatic carbocycles. The number of rotatable bonds is 11. The van der Waals surface area contributed by atoms with E-state index in [2.05, 4.69) is 15.8 Å². The topological polar surface area (TPSA) is 103 Å². The molecule has 2 amide bonds. The second-order valence-electron chi connectivity index (χ2n) is 8.37. The highest BCUT2D eigenvalue weighted by atomic mass is 16.5. The molecule has 0 atom stereocenters. The van der Waals surface area contributed by atoms with Gasteiger partial charge in [-0.25, -0.2) is 0 Å². The number of nitrogens with one attached hydrogen (secondary N) is 2. The van der Waals surface area contributed by atoms with Crippen LogP contribution in [-0.2, 0) is 17.8 Å². The van der Waals surface area contributed by atoms with Gasteiger partial charge in [0.2, 0.25) is 0 Å². The van der Waals surface area contributed by atoms with Crippen LogP contribution in [0.2, 0.25) is 0 Å². The lowest BCUT2D eigenvalue weighted by Gasteiger charge is -2.12. The minimum absolute atomic E-state index is 0.0175. The molecule has 34 heavy (non-hydrogen) atoms. The van der Waals surface area contributed by atoms with Crippen LogP contribution in [0.1, 0.15) is 45.8 Å². The number of amides is 2. The van der Waals surface area contributed by atoms with Crippen LogP contribution in [0.15, 0.2) is 53.1 Å². The highest BCUT2D eigenvalue weighted by Gasteiger charge is 2.23. The first-order valence-corrected chi connectivity index (χ1v) is 11.4. The molecule has 3 aromatic rings. The van der Waals surface area contributed by atoms with Gasteiger partial charge in [-0.2, -0.15) is 0 Å². The first kappa shape index (κ1) is 23.4. The third kappa shape index (κ3) is 6.37. The average molecular weight is 464 g/mol. The maximum absolute atomic E-state index is 12.8. The summed E-state index contributed by atoms with van der Waals surface area (Å²) in [5, 5.41) is 9.77. The Morgan fingerprint density at radius 1 is 1.06 bits per heavy atom. The van der Waals surface area contributed by atoms with Crippen molar-refractivity contribution < 1.29 is 23.6 Å². The van der Waals surface area contributed by atoms with E-state index in [-0.39, 0.29) is 25.0 Å². The zero-order chi connectivity index (χ0) is 23.9. The van der Waals surface area contributed by atoms with Crippen LogP contribution < -0.4 is 20.1 Å². The summed E-state index contributed by atoms with van der Waals surface area (Å²) in [5.41, 5.74) is 3.18. The zero-order valence-electron chi connectivity index (χ0n) is 19.4. The Kier molecular flexibility index (Phi) is 7.47. The van der Waals surface area contributed by atoms with Gasteiger partial charge in [-0.15, -0.1) is 0 Å². The van der Waals surface area contributed by atoms with E-state index >= 15 is 0 Å². The van der Waals surface area contributed by atoms with Crippen molar-refractivity contribution in [3.63, 3.8) is 0 Å². The third-order valence-electron chi connectivity index (χ3n) is 5.62. The molecule has 2 N–H and O–H groups in total. The van der Waals surface area contributed by atoms with E-state index < -0.39 is 0 Å². The summed E-state index contributed by atoms with van der Waals surface area (Å²) in [5.74, 6) is 1.56. The summed E-state index contributed by atoms with van der Waals surface area (Å²) in [4.78, 5) is 24.5. The molecular weight excluding hydrogens is 434 g/mol. The Morgan fingerprint density at radius 3 is 2.53 bits per heavy atom. The number of hydrogen-bond donors (Lipinski definition) is 2. The van der Waals surface area contributed by atoms with Crippen molar-refractivity contribution >= 4 is 11.8 Å². The van der Waals surface area contributed by atoms with E-state index in [4.69, 9.17) is 14.0 Å². The molecule has 0 spiro atoms. The van der Waals surface area contributed by atoms with Gasteiger partial charge in [-0.05, 0) is 62.9 Å². The number of aromatic nitrogens is 1. The smallest absolute Gasteiger partial charge is 0.258 e. The number of aryl methyl sites for hydroxylation is 2. The highest BCUT2D eigenvalue weighted by molar-refractivity contribution is 5.96. The fraction of sp³-hybridized carbons (Fsp3) is 0.346. The molecule has 2 aromatic carbocycles. The van der Waals surface area contributed by atoms with E-state index in [1.807, 2.05) is 44.2 Å². The SMILES string of the molecule is Cc1noc(C)c1COc1ccccc1C(=O)NCCc1ccc(OCC(=O)NC2CC2)cc1. The molecule has 8 nitrogen and oxygen atoms in total. The van der Waals surface area contributed by atoms with Gasteiger partial charge in [0.05, 0.1) is 16.8 Å². The van der Waals surface area contributed by atoms with E-state index in [0.717, 1.165) is 29.7 Å². The lowest BCUT2D eigenvalue weighted by molar-refractivity contribution is -0.123. The molecule has 0 bridgehead atoms. The molecular formula is C26H29N3O5. The second kappa shape index (κ2) is 10.9. The van der Waals surface area contributed by atoms with E-state index in [1.165, 1.54) is 0 Å². The minimum Gasteiger partial charge on any atom is -0.488 e.